The fourth-order valence-electron chi connectivity index (χ4n) is 3.72. The average Bonchev–Trinajstić information content (AvgIpc) is 3.03. The van der Waals surface area contributed by atoms with Crippen molar-refractivity contribution < 1.29 is 14.3 Å². The highest BCUT2D eigenvalue weighted by Crippen LogP contribution is 2.23. The molecular formula is C20H30N4O3. The second kappa shape index (κ2) is 8.61. The van der Waals surface area contributed by atoms with E-state index in [0.29, 0.717) is 19.7 Å². The zero-order valence-corrected chi connectivity index (χ0v) is 16.6. The molecule has 2 aliphatic heterocycles. The summed E-state index contributed by atoms with van der Waals surface area (Å²) in [6.45, 7) is 5.89. The van der Waals surface area contributed by atoms with Gasteiger partial charge in [0.1, 0.15) is 12.3 Å². The molecule has 2 heterocycles. The molecule has 2 fully saturated rings. The molecule has 148 valence electrons. The third-order valence-corrected chi connectivity index (χ3v) is 5.51. The molecule has 7 nitrogen and oxygen atoms in total. The lowest BCUT2D eigenvalue weighted by Gasteiger charge is -2.35. The summed E-state index contributed by atoms with van der Waals surface area (Å²) in [7, 11) is 3.97. The van der Waals surface area contributed by atoms with Crippen LogP contribution in [-0.2, 0) is 4.79 Å². The van der Waals surface area contributed by atoms with Crippen molar-refractivity contribution in [3.05, 3.63) is 24.3 Å². The van der Waals surface area contributed by atoms with Crippen LogP contribution in [0.4, 0.5) is 10.5 Å². The number of piperidine rings is 1. The van der Waals surface area contributed by atoms with Crippen LogP contribution >= 0.6 is 0 Å². The zero-order valence-electron chi connectivity index (χ0n) is 16.6. The molecule has 0 spiro atoms. The second-order valence-electron chi connectivity index (χ2n) is 7.32. The van der Waals surface area contributed by atoms with Gasteiger partial charge in [0.25, 0.3) is 0 Å². The quantitative estimate of drug-likeness (QED) is 0.763. The lowest BCUT2D eigenvalue weighted by Crippen LogP contribution is -2.48. The van der Waals surface area contributed by atoms with E-state index in [1.54, 1.807) is 9.80 Å². The highest BCUT2D eigenvalue weighted by atomic mass is 16.5. The van der Waals surface area contributed by atoms with Gasteiger partial charge < -0.3 is 19.4 Å². The molecule has 0 saturated carbocycles. The number of urea groups is 1. The molecule has 27 heavy (non-hydrogen) atoms. The van der Waals surface area contributed by atoms with Gasteiger partial charge >= 0.3 is 6.03 Å². The molecule has 0 atom stereocenters. The van der Waals surface area contributed by atoms with E-state index in [1.807, 2.05) is 43.1 Å². The van der Waals surface area contributed by atoms with Gasteiger partial charge in [-0.2, -0.15) is 0 Å². The molecule has 2 aliphatic rings. The molecule has 2 saturated heterocycles. The van der Waals surface area contributed by atoms with Gasteiger partial charge in [-0.05, 0) is 64.2 Å². The van der Waals surface area contributed by atoms with Crippen LogP contribution in [0.2, 0.25) is 0 Å². The molecule has 0 N–H and O–H groups in total. The Bertz CT molecular complexity index is 656. The van der Waals surface area contributed by atoms with Crippen LogP contribution in [0.3, 0.4) is 0 Å². The summed E-state index contributed by atoms with van der Waals surface area (Å²) in [4.78, 5) is 32.9. The van der Waals surface area contributed by atoms with Crippen molar-refractivity contribution in [1.82, 2.24) is 14.7 Å². The van der Waals surface area contributed by atoms with Crippen molar-refractivity contribution in [3.63, 3.8) is 0 Å². The molecule has 1 aromatic carbocycles. The predicted octanol–water partition coefficient (Wildman–Crippen LogP) is 1.88. The molecule has 0 aliphatic carbocycles. The molecule has 0 aromatic heterocycles. The first-order valence-corrected chi connectivity index (χ1v) is 9.73. The number of benzene rings is 1. The Balaban J connectivity index is 1.55. The molecule has 0 bridgehead atoms. The molecule has 1 aromatic rings. The summed E-state index contributed by atoms with van der Waals surface area (Å²) in [5, 5.41) is 0. The van der Waals surface area contributed by atoms with Crippen molar-refractivity contribution >= 4 is 17.6 Å². The summed E-state index contributed by atoms with van der Waals surface area (Å²) in [5.74, 6) is 0.811. The van der Waals surface area contributed by atoms with Crippen molar-refractivity contribution in [3.8, 4) is 5.75 Å². The molecular weight excluding hydrogens is 344 g/mol. The summed E-state index contributed by atoms with van der Waals surface area (Å²) in [6, 6.07) is 7.68. The normalized spacial score (nSPS) is 18.9. The van der Waals surface area contributed by atoms with Crippen LogP contribution in [0.25, 0.3) is 0 Å². The standard InChI is InChI=1S/C20H30N4O3/c1-4-27-18-7-5-17(6-8-18)24-14-13-23(20(24)26)15-19(25)22(3)16-9-11-21(2)12-10-16/h5-8,16H,4,9-15H2,1-3H3. The third kappa shape index (κ3) is 4.53. The van der Waals surface area contributed by atoms with E-state index in [4.69, 9.17) is 4.74 Å². The topological polar surface area (TPSA) is 56.3 Å². The first-order chi connectivity index (χ1) is 13.0. The lowest BCUT2D eigenvalue weighted by atomic mass is 10.0. The molecule has 7 heteroatoms. The number of amides is 3. The van der Waals surface area contributed by atoms with Crippen molar-refractivity contribution in [2.24, 2.45) is 0 Å². The SMILES string of the molecule is CCOc1ccc(N2CCN(CC(=O)N(C)C3CCN(C)CC3)C2=O)cc1. The monoisotopic (exact) mass is 374 g/mol. The smallest absolute Gasteiger partial charge is 0.325 e. The Morgan fingerprint density at radius 3 is 2.44 bits per heavy atom. The van der Waals surface area contributed by atoms with Gasteiger partial charge in [-0.25, -0.2) is 4.79 Å². The van der Waals surface area contributed by atoms with Gasteiger partial charge in [0.2, 0.25) is 5.91 Å². The van der Waals surface area contributed by atoms with E-state index in [2.05, 4.69) is 11.9 Å². The van der Waals surface area contributed by atoms with Gasteiger partial charge in [0.15, 0.2) is 0 Å². The largest absolute Gasteiger partial charge is 0.494 e. The Labute approximate surface area is 161 Å². The Morgan fingerprint density at radius 1 is 1.15 bits per heavy atom. The minimum atomic E-state index is -0.107. The maximum atomic E-state index is 12.7. The van der Waals surface area contributed by atoms with Crippen LogP contribution in [0, 0.1) is 0 Å². The Morgan fingerprint density at radius 2 is 1.81 bits per heavy atom. The first-order valence-electron chi connectivity index (χ1n) is 9.73. The third-order valence-electron chi connectivity index (χ3n) is 5.51. The van der Waals surface area contributed by atoms with Crippen LogP contribution < -0.4 is 9.64 Å². The van der Waals surface area contributed by atoms with Crippen LogP contribution in [0.5, 0.6) is 5.75 Å². The van der Waals surface area contributed by atoms with Gasteiger partial charge in [0, 0.05) is 31.9 Å². The summed E-state index contributed by atoms with van der Waals surface area (Å²) < 4.78 is 5.45. The average molecular weight is 374 g/mol. The van der Waals surface area contributed by atoms with E-state index >= 15 is 0 Å². The van der Waals surface area contributed by atoms with E-state index in [1.165, 1.54) is 0 Å². The van der Waals surface area contributed by atoms with Crippen molar-refractivity contribution in [1.29, 1.82) is 0 Å². The van der Waals surface area contributed by atoms with E-state index in [0.717, 1.165) is 37.4 Å². The van der Waals surface area contributed by atoms with Gasteiger partial charge in [-0.1, -0.05) is 0 Å². The number of hydrogen-bond donors (Lipinski definition) is 0. The van der Waals surface area contributed by atoms with Crippen LogP contribution in [-0.4, -0.2) is 86.1 Å². The van der Waals surface area contributed by atoms with Crippen LogP contribution in [0.15, 0.2) is 24.3 Å². The Hall–Kier alpha value is -2.28. The summed E-state index contributed by atoms with van der Waals surface area (Å²) in [5.41, 5.74) is 0.835. The number of nitrogens with zero attached hydrogens (tertiary/aromatic N) is 4. The number of carbonyl (C=O) groups excluding carboxylic acids is 2. The maximum Gasteiger partial charge on any atom is 0.325 e. The van der Waals surface area contributed by atoms with Gasteiger partial charge in [0.05, 0.1) is 6.61 Å². The zero-order chi connectivity index (χ0) is 19.4. The van der Waals surface area contributed by atoms with E-state index in [-0.39, 0.29) is 24.5 Å². The van der Waals surface area contributed by atoms with Crippen molar-refractivity contribution in [2.45, 2.75) is 25.8 Å². The van der Waals surface area contributed by atoms with Gasteiger partial charge in [-0.15, -0.1) is 0 Å². The van der Waals surface area contributed by atoms with Gasteiger partial charge in [-0.3, -0.25) is 9.69 Å². The highest BCUT2D eigenvalue weighted by Gasteiger charge is 2.33. The van der Waals surface area contributed by atoms with Crippen LogP contribution in [0.1, 0.15) is 19.8 Å². The number of rotatable bonds is 6. The van der Waals surface area contributed by atoms with E-state index in [9.17, 15) is 9.59 Å². The number of hydrogen-bond acceptors (Lipinski definition) is 4. The predicted molar refractivity (Wildman–Crippen MR) is 105 cm³/mol. The van der Waals surface area contributed by atoms with Crippen molar-refractivity contribution in [2.75, 3.05) is 58.3 Å². The number of ether oxygens (including phenoxy) is 1. The molecule has 0 radical (unpaired) electrons. The Kier molecular flexibility index (Phi) is 6.21. The molecule has 0 unspecified atom stereocenters. The number of anilines is 1. The molecule has 3 amide bonds. The number of likely N-dealkylation sites (tertiary alicyclic amines) is 1. The lowest BCUT2D eigenvalue weighted by molar-refractivity contribution is -0.133. The fraction of sp³-hybridized carbons (Fsp3) is 0.600. The highest BCUT2D eigenvalue weighted by molar-refractivity contribution is 5.96. The second-order valence-corrected chi connectivity index (χ2v) is 7.32. The minimum absolute atomic E-state index is 0.0199. The number of likely N-dealkylation sites (N-methyl/N-ethyl adjacent to an activating group) is 1. The fourth-order valence-corrected chi connectivity index (χ4v) is 3.72. The number of carbonyl (C=O) groups is 2. The van der Waals surface area contributed by atoms with E-state index < -0.39 is 0 Å². The summed E-state index contributed by atoms with van der Waals surface area (Å²) in [6.07, 6.45) is 1.98. The first kappa shape index (κ1) is 19.5. The molecule has 3 rings (SSSR count). The maximum absolute atomic E-state index is 12.7. The summed E-state index contributed by atoms with van der Waals surface area (Å²) >= 11 is 0. The minimum Gasteiger partial charge on any atom is -0.494 e.